The number of hydrogen-bond donors (Lipinski definition) is 0. The summed E-state index contributed by atoms with van der Waals surface area (Å²) in [7, 11) is 0. The van der Waals surface area contributed by atoms with E-state index in [1.807, 2.05) is 11.3 Å². The van der Waals surface area contributed by atoms with Crippen LogP contribution in [-0.2, 0) is 12.0 Å². The standard InChI is InChI=1S/C38H51NS/c1-5-8-10-12-13-21-30-37(4,29-20-11-9-6-2)39(32-36-27-22-31-40-36)33-38(28-7-3,34-23-16-14-17-24-34)35-25-18-15-19-26-35/h7,14-19,22-27,31H,3,5-6,8-13,20,28-29,32-33H2,1-2,4H3. The first kappa shape index (κ1) is 31.9. The lowest BCUT2D eigenvalue weighted by molar-refractivity contribution is 0.108. The van der Waals surface area contributed by atoms with Gasteiger partial charge < -0.3 is 0 Å². The van der Waals surface area contributed by atoms with E-state index in [1.165, 1.54) is 67.4 Å². The Labute approximate surface area is 249 Å². The molecule has 0 bridgehead atoms. The third kappa shape index (κ3) is 9.22. The lowest BCUT2D eigenvalue weighted by Crippen LogP contribution is -2.51. The molecule has 0 N–H and O–H groups in total. The molecular weight excluding hydrogens is 502 g/mol. The predicted molar refractivity (Wildman–Crippen MR) is 177 cm³/mol. The van der Waals surface area contributed by atoms with Gasteiger partial charge in [-0.25, -0.2) is 0 Å². The van der Waals surface area contributed by atoms with E-state index < -0.39 is 0 Å². The van der Waals surface area contributed by atoms with E-state index in [9.17, 15) is 0 Å². The van der Waals surface area contributed by atoms with Crippen LogP contribution in [-0.4, -0.2) is 17.0 Å². The second kappa shape index (κ2) is 17.3. The van der Waals surface area contributed by atoms with Crippen LogP contribution < -0.4 is 0 Å². The van der Waals surface area contributed by atoms with E-state index in [1.54, 1.807) is 0 Å². The third-order valence-electron chi connectivity index (χ3n) is 8.26. The molecule has 40 heavy (non-hydrogen) atoms. The fourth-order valence-electron chi connectivity index (χ4n) is 5.82. The van der Waals surface area contributed by atoms with Crippen molar-refractivity contribution < 1.29 is 0 Å². The van der Waals surface area contributed by atoms with E-state index in [2.05, 4.69) is 128 Å². The van der Waals surface area contributed by atoms with Crippen molar-refractivity contribution in [3.63, 3.8) is 0 Å². The van der Waals surface area contributed by atoms with E-state index >= 15 is 0 Å². The lowest BCUT2D eigenvalue weighted by Gasteiger charge is -2.45. The minimum Gasteiger partial charge on any atom is -0.281 e. The fourth-order valence-corrected chi connectivity index (χ4v) is 6.54. The van der Waals surface area contributed by atoms with Gasteiger partial charge in [0, 0.05) is 29.8 Å². The van der Waals surface area contributed by atoms with E-state index in [0.717, 1.165) is 32.4 Å². The number of nitrogens with zero attached hydrogens (tertiary/aromatic N) is 1. The zero-order valence-electron chi connectivity index (χ0n) is 25.3. The molecule has 1 heterocycles. The summed E-state index contributed by atoms with van der Waals surface area (Å²) in [6.07, 6.45) is 15.1. The van der Waals surface area contributed by atoms with Crippen LogP contribution >= 0.6 is 11.3 Å². The molecule has 2 heteroatoms. The van der Waals surface area contributed by atoms with Gasteiger partial charge in [0.1, 0.15) is 0 Å². The molecule has 0 radical (unpaired) electrons. The minimum absolute atomic E-state index is 0.210. The molecule has 1 unspecified atom stereocenters. The van der Waals surface area contributed by atoms with Crippen LogP contribution in [0.3, 0.4) is 0 Å². The molecule has 1 nitrogen and oxygen atoms in total. The molecular formula is C38H51NS. The molecule has 0 aliphatic carbocycles. The number of allylic oxidation sites excluding steroid dienone is 1. The molecule has 0 saturated heterocycles. The van der Waals surface area contributed by atoms with Crippen molar-refractivity contribution in [3.05, 3.63) is 107 Å². The van der Waals surface area contributed by atoms with Crippen molar-refractivity contribution in [2.75, 3.05) is 6.54 Å². The van der Waals surface area contributed by atoms with E-state index in [-0.39, 0.29) is 11.0 Å². The summed E-state index contributed by atoms with van der Waals surface area (Å²) < 4.78 is 0. The normalized spacial score (nSPS) is 13.0. The van der Waals surface area contributed by atoms with Crippen molar-refractivity contribution in [2.45, 2.75) is 109 Å². The highest BCUT2D eigenvalue weighted by molar-refractivity contribution is 7.09. The summed E-state index contributed by atoms with van der Waals surface area (Å²) in [6, 6.07) is 26.6. The van der Waals surface area contributed by atoms with Gasteiger partial charge in [0.25, 0.3) is 0 Å². The van der Waals surface area contributed by atoms with E-state index in [4.69, 9.17) is 0 Å². The highest BCUT2D eigenvalue weighted by Crippen LogP contribution is 2.40. The third-order valence-corrected chi connectivity index (χ3v) is 9.12. The van der Waals surface area contributed by atoms with Crippen LogP contribution in [0.1, 0.15) is 107 Å². The van der Waals surface area contributed by atoms with Gasteiger partial charge in [-0.2, -0.15) is 0 Å². The van der Waals surface area contributed by atoms with Gasteiger partial charge >= 0.3 is 0 Å². The van der Waals surface area contributed by atoms with Gasteiger partial charge in [0.2, 0.25) is 0 Å². The summed E-state index contributed by atoms with van der Waals surface area (Å²) in [6.45, 7) is 13.0. The molecule has 0 spiro atoms. The highest BCUT2D eigenvalue weighted by Gasteiger charge is 2.40. The Kier molecular flexibility index (Phi) is 13.8. The molecule has 214 valence electrons. The molecule has 1 atom stereocenters. The molecule has 3 rings (SSSR count). The largest absolute Gasteiger partial charge is 0.281 e. The van der Waals surface area contributed by atoms with Gasteiger partial charge in [0.15, 0.2) is 0 Å². The monoisotopic (exact) mass is 553 g/mol. The van der Waals surface area contributed by atoms with Crippen LogP contribution in [0.2, 0.25) is 0 Å². The van der Waals surface area contributed by atoms with Crippen molar-refractivity contribution in [3.8, 4) is 11.8 Å². The van der Waals surface area contributed by atoms with Gasteiger partial charge in [-0.3, -0.25) is 4.90 Å². The Bertz CT molecular complexity index is 1100. The second-order valence-electron chi connectivity index (χ2n) is 11.4. The number of rotatable bonds is 18. The highest BCUT2D eigenvalue weighted by atomic mass is 32.1. The summed E-state index contributed by atoms with van der Waals surface area (Å²) in [5, 5.41) is 2.21. The average molecular weight is 554 g/mol. The van der Waals surface area contributed by atoms with Crippen LogP contribution in [0.5, 0.6) is 0 Å². The van der Waals surface area contributed by atoms with Crippen molar-refractivity contribution in [1.29, 1.82) is 0 Å². The maximum absolute atomic E-state index is 4.25. The number of hydrogen-bond acceptors (Lipinski definition) is 2. The zero-order valence-corrected chi connectivity index (χ0v) is 26.2. The van der Waals surface area contributed by atoms with Crippen molar-refractivity contribution >= 4 is 11.3 Å². The smallest absolute Gasteiger partial charge is 0.0800 e. The molecule has 0 amide bonds. The fraction of sp³-hybridized carbons (Fsp3) is 0.474. The van der Waals surface area contributed by atoms with Crippen LogP contribution in [0.4, 0.5) is 0 Å². The van der Waals surface area contributed by atoms with E-state index in [0.29, 0.717) is 0 Å². The second-order valence-corrected chi connectivity index (χ2v) is 12.5. The first-order valence-corrected chi connectivity index (χ1v) is 16.5. The van der Waals surface area contributed by atoms with Gasteiger partial charge in [-0.15, -0.1) is 23.8 Å². The maximum Gasteiger partial charge on any atom is 0.0800 e. The number of thiophene rings is 1. The molecule has 3 aromatic rings. The summed E-state index contributed by atoms with van der Waals surface area (Å²) in [5.41, 5.74) is 2.27. The van der Waals surface area contributed by atoms with Crippen LogP contribution in [0.15, 0.2) is 90.8 Å². The summed E-state index contributed by atoms with van der Waals surface area (Å²) in [5.74, 6) is 7.56. The Hall–Kier alpha value is -2.60. The Morgan fingerprint density at radius 3 is 1.98 bits per heavy atom. The van der Waals surface area contributed by atoms with Gasteiger partial charge in [-0.05, 0) is 48.8 Å². The van der Waals surface area contributed by atoms with Crippen LogP contribution in [0, 0.1) is 11.8 Å². The number of unbranched alkanes of at least 4 members (excludes halogenated alkanes) is 7. The van der Waals surface area contributed by atoms with Gasteiger partial charge in [0.05, 0.1) is 5.54 Å². The molecule has 0 fully saturated rings. The first-order valence-electron chi connectivity index (χ1n) is 15.6. The lowest BCUT2D eigenvalue weighted by atomic mass is 9.70. The Morgan fingerprint density at radius 2 is 1.43 bits per heavy atom. The predicted octanol–water partition coefficient (Wildman–Crippen LogP) is 10.8. The minimum atomic E-state index is -0.213. The molecule has 2 aromatic carbocycles. The molecule has 0 aliphatic heterocycles. The first-order chi connectivity index (χ1) is 19.6. The summed E-state index contributed by atoms with van der Waals surface area (Å²) in [4.78, 5) is 4.12. The molecule has 0 saturated carbocycles. The number of benzene rings is 2. The Balaban J connectivity index is 2.08. The summed E-state index contributed by atoms with van der Waals surface area (Å²) >= 11 is 1.86. The maximum atomic E-state index is 4.25. The van der Waals surface area contributed by atoms with Crippen molar-refractivity contribution in [1.82, 2.24) is 4.90 Å². The topological polar surface area (TPSA) is 3.24 Å². The van der Waals surface area contributed by atoms with Crippen LogP contribution in [0.25, 0.3) is 0 Å². The van der Waals surface area contributed by atoms with Crippen molar-refractivity contribution in [2.24, 2.45) is 0 Å². The zero-order chi connectivity index (χ0) is 28.5. The Morgan fingerprint density at radius 1 is 0.800 bits per heavy atom. The molecule has 1 aromatic heterocycles. The molecule has 0 aliphatic rings. The SMILES string of the molecule is C=CCC(CN(Cc1cccs1)C(C)(C#CCCCCCC)CCCCCC)(c1ccccc1)c1ccccc1. The van der Waals surface area contributed by atoms with Gasteiger partial charge in [-0.1, -0.05) is 138 Å². The quantitative estimate of drug-likeness (QED) is 0.0860. The average Bonchev–Trinajstić information content (AvgIpc) is 3.51.